The van der Waals surface area contributed by atoms with Crippen molar-refractivity contribution in [3.8, 4) is 0 Å². The number of tetrazole rings is 1. The van der Waals surface area contributed by atoms with Crippen LogP contribution in [0.2, 0.25) is 0 Å². The molecule has 3 aromatic rings. The van der Waals surface area contributed by atoms with Crippen LogP contribution in [0.25, 0.3) is 11.1 Å². The Labute approximate surface area is 154 Å². The van der Waals surface area contributed by atoms with Crippen molar-refractivity contribution in [3.63, 3.8) is 0 Å². The van der Waals surface area contributed by atoms with E-state index in [1.165, 1.54) is 35.1 Å². The number of nitrogens with zero attached hydrogens (tertiary/aromatic N) is 4. The van der Waals surface area contributed by atoms with E-state index in [0.29, 0.717) is 40.9 Å². The molecule has 2 aromatic carbocycles. The molecule has 0 aliphatic carbocycles. The van der Waals surface area contributed by atoms with Crippen LogP contribution in [0.3, 0.4) is 0 Å². The van der Waals surface area contributed by atoms with Crippen molar-refractivity contribution in [1.29, 1.82) is 0 Å². The number of carbonyl (C=O) groups excluding carboxylic acids is 1. The minimum Gasteiger partial charge on any atom is -0.299 e. The highest BCUT2D eigenvalue weighted by molar-refractivity contribution is 6.01. The molecular weight excluding hydrogens is 350 g/mol. The molecular formula is C20H16F2N4O. The van der Waals surface area contributed by atoms with E-state index >= 15 is 0 Å². The third kappa shape index (κ3) is 4.20. The molecule has 5 nitrogen and oxygen atoms in total. The predicted octanol–water partition coefficient (Wildman–Crippen LogP) is 3.69. The second-order valence-electron chi connectivity index (χ2n) is 5.60. The number of halogens is 2. The van der Waals surface area contributed by atoms with Gasteiger partial charge >= 0.3 is 0 Å². The van der Waals surface area contributed by atoms with Gasteiger partial charge in [-0.2, -0.15) is 4.80 Å². The lowest BCUT2D eigenvalue weighted by Gasteiger charge is -2.12. The molecule has 27 heavy (non-hydrogen) atoms. The average molecular weight is 366 g/mol. The number of aryl methyl sites for hydroxylation is 1. The van der Waals surface area contributed by atoms with Gasteiger partial charge in [-0.05, 0) is 59.7 Å². The van der Waals surface area contributed by atoms with Crippen LogP contribution < -0.4 is 0 Å². The summed E-state index contributed by atoms with van der Waals surface area (Å²) in [5, 5.41) is 12.3. The topological polar surface area (TPSA) is 60.7 Å². The first-order chi connectivity index (χ1) is 13.1. The molecule has 0 amide bonds. The first-order valence-electron chi connectivity index (χ1n) is 8.28. The zero-order valence-corrected chi connectivity index (χ0v) is 14.5. The molecule has 0 unspecified atom stereocenters. The number of benzene rings is 2. The van der Waals surface area contributed by atoms with Crippen molar-refractivity contribution in [2.24, 2.45) is 0 Å². The molecule has 0 spiro atoms. The van der Waals surface area contributed by atoms with Crippen LogP contribution in [0.1, 0.15) is 23.9 Å². The highest BCUT2D eigenvalue weighted by atomic mass is 19.1. The van der Waals surface area contributed by atoms with E-state index in [0.717, 1.165) is 0 Å². The lowest BCUT2D eigenvalue weighted by molar-refractivity contribution is -0.104. The summed E-state index contributed by atoms with van der Waals surface area (Å²) in [6, 6.07) is 11.7. The van der Waals surface area contributed by atoms with Crippen LogP contribution >= 0.6 is 0 Å². The minimum absolute atomic E-state index is 0.304. The Bertz CT molecular complexity index is 942. The molecule has 1 heterocycles. The van der Waals surface area contributed by atoms with Crippen LogP contribution in [-0.4, -0.2) is 26.5 Å². The first kappa shape index (κ1) is 18.3. The normalized spacial score (nSPS) is 10.9. The summed E-state index contributed by atoms with van der Waals surface area (Å²) in [6.07, 6.45) is 3.51. The fraction of sp³-hybridized carbons (Fsp3) is 0.100. The molecule has 7 heteroatoms. The molecule has 3 rings (SSSR count). The Morgan fingerprint density at radius 1 is 1.00 bits per heavy atom. The predicted molar refractivity (Wildman–Crippen MR) is 97.4 cm³/mol. The molecule has 0 fully saturated rings. The van der Waals surface area contributed by atoms with Gasteiger partial charge in [0.25, 0.3) is 0 Å². The van der Waals surface area contributed by atoms with Gasteiger partial charge in [-0.1, -0.05) is 24.3 Å². The third-order valence-electron chi connectivity index (χ3n) is 3.85. The summed E-state index contributed by atoms with van der Waals surface area (Å²) in [7, 11) is 0. The summed E-state index contributed by atoms with van der Waals surface area (Å²) in [6.45, 7) is 2.40. The van der Waals surface area contributed by atoms with Crippen molar-refractivity contribution in [3.05, 3.63) is 89.3 Å². The van der Waals surface area contributed by atoms with Gasteiger partial charge in [0.2, 0.25) is 5.82 Å². The van der Waals surface area contributed by atoms with E-state index in [9.17, 15) is 13.6 Å². The van der Waals surface area contributed by atoms with Gasteiger partial charge in [0.1, 0.15) is 17.9 Å². The largest absolute Gasteiger partial charge is 0.299 e. The molecule has 0 saturated heterocycles. The summed E-state index contributed by atoms with van der Waals surface area (Å²) >= 11 is 0. The number of hydrogen-bond acceptors (Lipinski definition) is 4. The Hall–Kier alpha value is -3.48. The second-order valence-corrected chi connectivity index (χ2v) is 5.60. The maximum absolute atomic E-state index is 13.4. The number of rotatable bonds is 6. The van der Waals surface area contributed by atoms with Crippen molar-refractivity contribution < 1.29 is 13.6 Å². The van der Waals surface area contributed by atoms with Crippen molar-refractivity contribution in [2.45, 2.75) is 13.5 Å². The van der Waals surface area contributed by atoms with E-state index in [4.69, 9.17) is 0 Å². The van der Waals surface area contributed by atoms with E-state index in [-0.39, 0.29) is 11.6 Å². The maximum atomic E-state index is 13.4. The molecule has 0 bridgehead atoms. The van der Waals surface area contributed by atoms with Gasteiger partial charge in [0, 0.05) is 11.1 Å². The quantitative estimate of drug-likeness (QED) is 0.379. The lowest BCUT2D eigenvalue weighted by Crippen LogP contribution is -2.00. The molecule has 0 atom stereocenters. The van der Waals surface area contributed by atoms with Crippen LogP contribution in [-0.2, 0) is 11.3 Å². The standard InChI is InChI=1S/C20H16F2N4O/c1-2-26-24-20(23-25-26)18(4-3-13-27)19(14-5-9-16(21)10-6-14)15-7-11-17(22)12-8-15/h3-13H,2H2,1H3/b4-3+. The number of aldehydes is 1. The van der Waals surface area contributed by atoms with Gasteiger partial charge in [-0.3, -0.25) is 4.79 Å². The minimum atomic E-state index is -0.378. The molecule has 0 radical (unpaired) electrons. The summed E-state index contributed by atoms with van der Waals surface area (Å²) in [5.74, 6) is -0.451. The number of hydrogen-bond donors (Lipinski definition) is 0. The van der Waals surface area contributed by atoms with Crippen molar-refractivity contribution in [2.75, 3.05) is 0 Å². The van der Waals surface area contributed by atoms with E-state index in [2.05, 4.69) is 15.4 Å². The van der Waals surface area contributed by atoms with E-state index in [1.807, 2.05) is 6.92 Å². The number of allylic oxidation sites excluding steroid dienone is 3. The van der Waals surface area contributed by atoms with Gasteiger partial charge in [-0.15, -0.1) is 10.2 Å². The lowest BCUT2D eigenvalue weighted by atomic mass is 9.92. The fourth-order valence-corrected chi connectivity index (χ4v) is 2.60. The average Bonchev–Trinajstić information content (AvgIpc) is 3.16. The zero-order chi connectivity index (χ0) is 19.2. The summed E-state index contributed by atoms with van der Waals surface area (Å²) in [5.41, 5.74) is 2.48. The molecule has 136 valence electrons. The molecule has 0 aliphatic heterocycles. The molecule has 0 aliphatic rings. The molecule has 0 saturated carbocycles. The highest BCUT2D eigenvalue weighted by Gasteiger charge is 2.16. The SMILES string of the molecule is CCn1nnc(C(/C=C/C=O)=C(c2ccc(F)cc2)c2ccc(F)cc2)n1. The number of carbonyl (C=O) groups is 1. The Kier molecular flexibility index (Phi) is 5.61. The smallest absolute Gasteiger partial charge is 0.205 e. The second kappa shape index (κ2) is 8.27. The van der Waals surface area contributed by atoms with Gasteiger partial charge in [0.15, 0.2) is 0 Å². The summed E-state index contributed by atoms with van der Waals surface area (Å²) < 4.78 is 26.8. The van der Waals surface area contributed by atoms with Crippen LogP contribution in [0, 0.1) is 11.6 Å². The Morgan fingerprint density at radius 3 is 2.00 bits per heavy atom. The van der Waals surface area contributed by atoms with Gasteiger partial charge in [-0.25, -0.2) is 8.78 Å². The van der Waals surface area contributed by atoms with E-state index < -0.39 is 0 Å². The Morgan fingerprint density at radius 2 is 1.56 bits per heavy atom. The zero-order valence-electron chi connectivity index (χ0n) is 14.5. The third-order valence-corrected chi connectivity index (χ3v) is 3.85. The van der Waals surface area contributed by atoms with Crippen molar-refractivity contribution >= 4 is 17.4 Å². The maximum Gasteiger partial charge on any atom is 0.205 e. The van der Waals surface area contributed by atoms with E-state index in [1.54, 1.807) is 30.3 Å². The first-order valence-corrected chi connectivity index (χ1v) is 8.28. The Balaban J connectivity index is 2.30. The van der Waals surface area contributed by atoms with Gasteiger partial charge < -0.3 is 0 Å². The van der Waals surface area contributed by atoms with Crippen LogP contribution in [0.15, 0.2) is 60.7 Å². The van der Waals surface area contributed by atoms with Crippen LogP contribution in [0.5, 0.6) is 0 Å². The fourth-order valence-electron chi connectivity index (χ4n) is 2.60. The molecule has 1 aromatic heterocycles. The van der Waals surface area contributed by atoms with Crippen molar-refractivity contribution in [1.82, 2.24) is 20.2 Å². The number of aromatic nitrogens is 4. The monoisotopic (exact) mass is 366 g/mol. The summed E-state index contributed by atoms with van der Waals surface area (Å²) in [4.78, 5) is 12.3. The molecule has 0 N–H and O–H groups in total. The highest BCUT2D eigenvalue weighted by Crippen LogP contribution is 2.32. The van der Waals surface area contributed by atoms with Crippen LogP contribution in [0.4, 0.5) is 8.78 Å². The van der Waals surface area contributed by atoms with Gasteiger partial charge in [0.05, 0.1) is 6.54 Å².